The highest BCUT2D eigenvalue weighted by molar-refractivity contribution is 7.89. The van der Waals surface area contributed by atoms with Crippen LogP contribution in [0.4, 0.5) is 11.6 Å². The summed E-state index contributed by atoms with van der Waals surface area (Å²) in [6.45, 7) is 2.09. The van der Waals surface area contributed by atoms with Crippen LogP contribution in [0, 0.1) is 6.92 Å². The molecule has 158 valence electrons. The Hall–Kier alpha value is -3.63. The molecular formula is C21H21N7O2S. The van der Waals surface area contributed by atoms with Crippen LogP contribution in [0.1, 0.15) is 11.4 Å². The average Bonchev–Trinajstić information content (AvgIpc) is 3.12. The molecule has 0 radical (unpaired) electrons. The fraction of sp³-hybridized carbons (Fsp3) is 0.143. The lowest BCUT2D eigenvalue weighted by atomic mass is 10.3. The van der Waals surface area contributed by atoms with E-state index in [0.717, 1.165) is 22.8 Å². The van der Waals surface area contributed by atoms with Gasteiger partial charge in [0.25, 0.3) is 0 Å². The number of sulfonamides is 1. The molecule has 0 fully saturated rings. The third-order valence-electron chi connectivity index (χ3n) is 4.75. The lowest BCUT2D eigenvalue weighted by Crippen LogP contribution is -2.23. The van der Waals surface area contributed by atoms with Crippen LogP contribution in [0.2, 0.25) is 0 Å². The maximum atomic E-state index is 12.5. The zero-order chi connectivity index (χ0) is 21.8. The lowest BCUT2D eigenvalue weighted by molar-refractivity contribution is 0.581. The Kier molecular flexibility index (Phi) is 5.74. The molecule has 0 aliphatic rings. The van der Waals surface area contributed by atoms with E-state index in [0.29, 0.717) is 11.6 Å². The summed E-state index contributed by atoms with van der Waals surface area (Å²) < 4.78 is 29.6. The molecule has 0 amide bonds. The van der Waals surface area contributed by atoms with Crippen LogP contribution in [-0.2, 0) is 23.6 Å². The SMILES string of the molecule is Cc1ncc(-c2ccnc(Nc3ccc(S(=O)(=O)NCc4cccnc4)cc3)n2)n1C. The number of hydrogen-bond donors (Lipinski definition) is 2. The molecule has 1 aromatic carbocycles. The zero-order valence-electron chi connectivity index (χ0n) is 17.0. The third kappa shape index (κ3) is 4.76. The van der Waals surface area contributed by atoms with Crippen molar-refractivity contribution in [3.05, 3.63) is 78.6 Å². The molecule has 4 rings (SSSR count). The van der Waals surface area contributed by atoms with Crippen LogP contribution in [0.5, 0.6) is 0 Å². The minimum Gasteiger partial charge on any atom is -0.330 e. The molecule has 0 spiro atoms. The van der Waals surface area contributed by atoms with E-state index in [1.165, 1.54) is 12.1 Å². The summed E-state index contributed by atoms with van der Waals surface area (Å²) in [5.74, 6) is 1.29. The number of imidazole rings is 1. The third-order valence-corrected chi connectivity index (χ3v) is 6.17. The molecule has 2 N–H and O–H groups in total. The summed E-state index contributed by atoms with van der Waals surface area (Å²) in [5, 5.41) is 3.10. The average molecular weight is 436 g/mol. The van der Waals surface area contributed by atoms with Gasteiger partial charge in [0.05, 0.1) is 22.5 Å². The van der Waals surface area contributed by atoms with Crippen molar-refractivity contribution >= 4 is 21.7 Å². The summed E-state index contributed by atoms with van der Waals surface area (Å²) in [4.78, 5) is 17.2. The standard InChI is InChI=1S/C21H21N7O2S/c1-15-24-14-20(28(15)2)19-9-11-23-21(27-19)26-17-5-7-18(8-6-17)31(29,30)25-13-16-4-3-10-22-12-16/h3-12,14,25H,13H2,1-2H3,(H,23,26,27). The van der Waals surface area contributed by atoms with Crippen molar-refractivity contribution in [1.82, 2.24) is 29.2 Å². The molecule has 0 saturated heterocycles. The first-order valence-corrected chi connectivity index (χ1v) is 11.0. The van der Waals surface area contributed by atoms with Gasteiger partial charge in [0.1, 0.15) is 5.82 Å². The zero-order valence-corrected chi connectivity index (χ0v) is 17.8. The molecule has 31 heavy (non-hydrogen) atoms. The highest BCUT2D eigenvalue weighted by Gasteiger charge is 2.14. The quantitative estimate of drug-likeness (QED) is 0.459. The lowest BCUT2D eigenvalue weighted by Gasteiger charge is -2.09. The molecule has 0 atom stereocenters. The van der Waals surface area contributed by atoms with E-state index >= 15 is 0 Å². The smallest absolute Gasteiger partial charge is 0.240 e. The normalized spacial score (nSPS) is 11.4. The van der Waals surface area contributed by atoms with Crippen LogP contribution in [0.15, 0.2) is 72.1 Å². The number of anilines is 2. The van der Waals surface area contributed by atoms with E-state index in [2.05, 4.69) is 30.0 Å². The van der Waals surface area contributed by atoms with Gasteiger partial charge >= 0.3 is 0 Å². The van der Waals surface area contributed by atoms with Crippen molar-refractivity contribution in [3.63, 3.8) is 0 Å². The van der Waals surface area contributed by atoms with Crippen molar-refractivity contribution in [2.24, 2.45) is 7.05 Å². The summed E-state index contributed by atoms with van der Waals surface area (Å²) in [6.07, 6.45) is 6.69. The molecule has 0 unspecified atom stereocenters. The number of aryl methyl sites for hydroxylation is 1. The molecule has 0 saturated carbocycles. The van der Waals surface area contributed by atoms with Crippen molar-refractivity contribution in [3.8, 4) is 11.4 Å². The number of aromatic nitrogens is 5. The van der Waals surface area contributed by atoms with Gasteiger partial charge in [-0.25, -0.2) is 28.1 Å². The van der Waals surface area contributed by atoms with Crippen LogP contribution >= 0.6 is 0 Å². The van der Waals surface area contributed by atoms with Gasteiger partial charge < -0.3 is 9.88 Å². The molecular weight excluding hydrogens is 414 g/mol. The highest BCUT2D eigenvalue weighted by Crippen LogP contribution is 2.21. The van der Waals surface area contributed by atoms with E-state index in [4.69, 9.17) is 0 Å². The van der Waals surface area contributed by atoms with Gasteiger partial charge in [0.15, 0.2) is 0 Å². The minimum atomic E-state index is -3.64. The topological polar surface area (TPSA) is 115 Å². The number of benzene rings is 1. The molecule has 0 aliphatic carbocycles. The minimum absolute atomic E-state index is 0.168. The molecule has 3 heterocycles. The predicted molar refractivity (Wildman–Crippen MR) is 117 cm³/mol. The molecule has 4 aromatic rings. The molecule has 0 aliphatic heterocycles. The number of pyridine rings is 1. The second-order valence-corrected chi connectivity index (χ2v) is 8.62. The van der Waals surface area contributed by atoms with Crippen LogP contribution in [0.3, 0.4) is 0 Å². The summed E-state index contributed by atoms with van der Waals surface area (Å²) in [7, 11) is -1.71. The maximum absolute atomic E-state index is 12.5. The monoisotopic (exact) mass is 435 g/mol. The van der Waals surface area contributed by atoms with Crippen LogP contribution in [0.25, 0.3) is 11.4 Å². The number of nitrogens with one attached hydrogen (secondary N) is 2. The van der Waals surface area contributed by atoms with Gasteiger partial charge in [0.2, 0.25) is 16.0 Å². The molecule has 10 heteroatoms. The van der Waals surface area contributed by atoms with E-state index in [1.54, 1.807) is 43.0 Å². The van der Waals surface area contributed by atoms with Crippen LogP contribution < -0.4 is 10.0 Å². The second-order valence-electron chi connectivity index (χ2n) is 6.85. The van der Waals surface area contributed by atoms with Gasteiger partial charge in [0, 0.05) is 37.9 Å². The first-order valence-electron chi connectivity index (χ1n) is 9.50. The van der Waals surface area contributed by atoms with E-state index in [1.807, 2.05) is 30.7 Å². The van der Waals surface area contributed by atoms with Crippen molar-refractivity contribution in [2.75, 3.05) is 5.32 Å². The van der Waals surface area contributed by atoms with E-state index < -0.39 is 10.0 Å². The number of nitrogens with zero attached hydrogens (tertiary/aromatic N) is 5. The Morgan fingerprint density at radius 3 is 2.48 bits per heavy atom. The first kappa shape index (κ1) is 20.6. The fourth-order valence-corrected chi connectivity index (χ4v) is 3.93. The van der Waals surface area contributed by atoms with E-state index in [-0.39, 0.29) is 11.4 Å². The highest BCUT2D eigenvalue weighted by atomic mass is 32.2. The van der Waals surface area contributed by atoms with E-state index in [9.17, 15) is 8.42 Å². The van der Waals surface area contributed by atoms with Gasteiger partial charge in [-0.15, -0.1) is 0 Å². The Bertz CT molecular complexity index is 1290. The number of hydrogen-bond acceptors (Lipinski definition) is 7. The van der Waals surface area contributed by atoms with Crippen molar-refractivity contribution in [2.45, 2.75) is 18.4 Å². The summed E-state index contributed by atoms with van der Waals surface area (Å²) in [5.41, 5.74) is 3.07. The van der Waals surface area contributed by atoms with Crippen molar-refractivity contribution < 1.29 is 8.42 Å². The van der Waals surface area contributed by atoms with Gasteiger partial charge in [-0.05, 0) is 48.9 Å². The van der Waals surface area contributed by atoms with Crippen LogP contribution in [-0.4, -0.2) is 32.9 Å². The summed E-state index contributed by atoms with van der Waals surface area (Å²) >= 11 is 0. The van der Waals surface area contributed by atoms with Gasteiger partial charge in [-0.2, -0.15) is 0 Å². The first-order chi connectivity index (χ1) is 14.9. The second kappa shape index (κ2) is 8.62. The Balaban J connectivity index is 1.46. The fourth-order valence-electron chi connectivity index (χ4n) is 2.91. The van der Waals surface area contributed by atoms with Gasteiger partial charge in [-0.1, -0.05) is 6.07 Å². The molecule has 0 bridgehead atoms. The molecule has 9 nitrogen and oxygen atoms in total. The number of rotatable bonds is 7. The Morgan fingerprint density at radius 1 is 1.00 bits per heavy atom. The summed E-state index contributed by atoms with van der Waals surface area (Å²) in [6, 6.07) is 11.8. The Labute approximate surface area is 180 Å². The largest absolute Gasteiger partial charge is 0.330 e. The van der Waals surface area contributed by atoms with Crippen molar-refractivity contribution in [1.29, 1.82) is 0 Å². The maximum Gasteiger partial charge on any atom is 0.240 e. The Morgan fingerprint density at radius 2 is 1.81 bits per heavy atom. The van der Waals surface area contributed by atoms with Gasteiger partial charge in [-0.3, -0.25) is 4.98 Å². The molecule has 3 aromatic heterocycles. The predicted octanol–water partition coefficient (Wildman–Crippen LogP) is 2.80.